The number of aromatic amines is 1. The lowest BCUT2D eigenvalue weighted by Gasteiger charge is -2.04. The molecular formula is C9H11BrN4O2S2. The molecule has 0 saturated heterocycles. The molecule has 0 spiro atoms. The minimum absolute atomic E-state index is 0.0186. The van der Waals surface area contributed by atoms with Crippen LogP contribution in [0.25, 0.3) is 0 Å². The van der Waals surface area contributed by atoms with Gasteiger partial charge in [-0.1, -0.05) is 0 Å². The van der Waals surface area contributed by atoms with Crippen molar-refractivity contribution in [2.24, 2.45) is 0 Å². The van der Waals surface area contributed by atoms with Gasteiger partial charge in [0.15, 0.2) is 0 Å². The third-order valence-corrected chi connectivity index (χ3v) is 5.39. The van der Waals surface area contributed by atoms with Crippen molar-refractivity contribution in [2.75, 3.05) is 12.3 Å². The Bertz CT molecular complexity index is 635. The van der Waals surface area contributed by atoms with Crippen LogP contribution in [0.4, 0.5) is 5.82 Å². The molecule has 0 aliphatic carbocycles. The Hall–Kier alpha value is -0.900. The molecule has 18 heavy (non-hydrogen) atoms. The minimum Gasteiger partial charge on any atom is -0.383 e. The highest BCUT2D eigenvalue weighted by molar-refractivity contribution is 9.11. The second kappa shape index (κ2) is 5.39. The second-order valence-corrected chi connectivity index (χ2v) is 7.78. The minimum atomic E-state index is -3.59. The Labute approximate surface area is 117 Å². The summed E-state index contributed by atoms with van der Waals surface area (Å²) in [6, 6.07) is 3.89. The summed E-state index contributed by atoms with van der Waals surface area (Å²) in [5.74, 6) is 0.0429. The molecule has 0 aliphatic heterocycles. The van der Waals surface area contributed by atoms with Crippen LogP contribution in [0.1, 0.15) is 4.88 Å². The number of nitrogens with one attached hydrogen (secondary N) is 2. The number of hydrogen-bond acceptors (Lipinski definition) is 5. The maximum absolute atomic E-state index is 11.9. The van der Waals surface area contributed by atoms with Gasteiger partial charge in [0, 0.05) is 11.4 Å². The average Bonchev–Trinajstić information content (AvgIpc) is 2.87. The molecule has 4 N–H and O–H groups in total. The van der Waals surface area contributed by atoms with Crippen molar-refractivity contribution in [2.45, 2.75) is 11.3 Å². The van der Waals surface area contributed by atoms with Gasteiger partial charge in [0.25, 0.3) is 0 Å². The number of nitrogens with zero attached hydrogens (tertiary/aromatic N) is 1. The van der Waals surface area contributed by atoms with Gasteiger partial charge >= 0.3 is 0 Å². The Morgan fingerprint density at radius 2 is 2.28 bits per heavy atom. The Balaban J connectivity index is 1.96. The van der Waals surface area contributed by atoms with E-state index in [2.05, 4.69) is 30.8 Å². The smallest absolute Gasteiger partial charge is 0.245 e. The molecule has 0 aromatic carbocycles. The number of anilines is 1. The molecule has 0 radical (unpaired) electrons. The van der Waals surface area contributed by atoms with E-state index < -0.39 is 10.0 Å². The number of halogens is 1. The van der Waals surface area contributed by atoms with E-state index in [1.54, 1.807) is 11.3 Å². The highest BCUT2D eigenvalue weighted by Crippen LogP contribution is 2.22. The van der Waals surface area contributed by atoms with E-state index >= 15 is 0 Å². The van der Waals surface area contributed by atoms with Crippen molar-refractivity contribution >= 4 is 43.1 Å². The number of thiophene rings is 1. The molecule has 2 aromatic heterocycles. The molecule has 0 bridgehead atoms. The lowest BCUT2D eigenvalue weighted by molar-refractivity contribution is 0.582. The van der Waals surface area contributed by atoms with Crippen LogP contribution >= 0.6 is 27.3 Å². The van der Waals surface area contributed by atoms with Crippen LogP contribution in [0.2, 0.25) is 0 Å². The number of nitrogens with two attached hydrogens (primary N) is 1. The van der Waals surface area contributed by atoms with Crippen molar-refractivity contribution in [3.63, 3.8) is 0 Å². The first-order chi connectivity index (χ1) is 8.49. The van der Waals surface area contributed by atoms with Crippen molar-refractivity contribution in [3.8, 4) is 0 Å². The van der Waals surface area contributed by atoms with E-state index in [9.17, 15) is 8.42 Å². The van der Waals surface area contributed by atoms with E-state index in [0.29, 0.717) is 13.0 Å². The summed E-state index contributed by atoms with van der Waals surface area (Å²) >= 11 is 4.93. The largest absolute Gasteiger partial charge is 0.383 e. The van der Waals surface area contributed by atoms with Crippen LogP contribution in [0.15, 0.2) is 27.0 Å². The number of sulfonamides is 1. The van der Waals surface area contributed by atoms with Crippen LogP contribution < -0.4 is 10.5 Å². The monoisotopic (exact) mass is 350 g/mol. The van der Waals surface area contributed by atoms with E-state index in [1.165, 1.54) is 6.20 Å². The van der Waals surface area contributed by atoms with Crippen molar-refractivity contribution < 1.29 is 8.42 Å². The fourth-order valence-electron chi connectivity index (χ4n) is 1.37. The number of hydrogen-bond donors (Lipinski definition) is 3. The summed E-state index contributed by atoms with van der Waals surface area (Å²) in [5, 5.41) is 5.97. The fraction of sp³-hybridized carbons (Fsp3) is 0.222. The van der Waals surface area contributed by atoms with Crippen LogP contribution in [0.5, 0.6) is 0 Å². The zero-order valence-electron chi connectivity index (χ0n) is 9.18. The van der Waals surface area contributed by atoms with Gasteiger partial charge in [-0.3, -0.25) is 5.10 Å². The molecule has 2 heterocycles. The lowest BCUT2D eigenvalue weighted by Crippen LogP contribution is -2.26. The topological polar surface area (TPSA) is 101 Å². The van der Waals surface area contributed by atoms with Gasteiger partial charge in [0.05, 0.1) is 9.98 Å². The first-order valence-electron chi connectivity index (χ1n) is 5.02. The van der Waals surface area contributed by atoms with E-state index in [0.717, 1.165) is 8.66 Å². The Morgan fingerprint density at radius 3 is 2.83 bits per heavy atom. The normalized spacial score (nSPS) is 11.8. The molecular weight excluding hydrogens is 340 g/mol. The molecule has 0 fully saturated rings. The van der Waals surface area contributed by atoms with E-state index in [1.807, 2.05) is 12.1 Å². The van der Waals surface area contributed by atoms with E-state index in [-0.39, 0.29) is 10.7 Å². The summed E-state index contributed by atoms with van der Waals surface area (Å²) < 4.78 is 27.2. The molecule has 0 amide bonds. The third kappa shape index (κ3) is 3.10. The first-order valence-corrected chi connectivity index (χ1v) is 8.11. The first kappa shape index (κ1) is 13.5. The van der Waals surface area contributed by atoms with Gasteiger partial charge in [-0.15, -0.1) is 11.3 Å². The van der Waals surface area contributed by atoms with Gasteiger partial charge in [0.2, 0.25) is 10.0 Å². The highest BCUT2D eigenvalue weighted by Gasteiger charge is 2.18. The molecule has 0 unspecified atom stereocenters. The van der Waals surface area contributed by atoms with Gasteiger partial charge in [0.1, 0.15) is 10.7 Å². The summed E-state index contributed by atoms with van der Waals surface area (Å²) in [6.45, 7) is 0.319. The van der Waals surface area contributed by atoms with Crippen LogP contribution in [0, 0.1) is 0 Å². The van der Waals surface area contributed by atoms with Gasteiger partial charge in [-0.2, -0.15) is 5.10 Å². The molecule has 2 aromatic rings. The molecule has 0 atom stereocenters. The standard InChI is InChI=1S/C9H11BrN4O2S2/c10-8-2-1-6(17-8)3-4-13-18(15,16)7-5-12-14-9(7)11/h1-2,5,13H,3-4H2,(H3,11,12,14). The maximum atomic E-state index is 11.9. The SMILES string of the molecule is Nc1[nH]ncc1S(=O)(=O)NCCc1ccc(Br)s1. The Morgan fingerprint density at radius 1 is 1.50 bits per heavy atom. The zero-order valence-corrected chi connectivity index (χ0v) is 12.4. The maximum Gasteiger partial charge on any atom is 0.245 e. The van der Waals surface area contributed by atoms with Crippen molar-refractivity contribution in [1.29, 1.82) is 0 Å². The quantitative estimate of drug-likeness (QED) is 0.757. The van der Waals surface area contributed by atoms with E-state index in [4.69, 9.17) is 5.73 Å². The molecule has 9 heteroatoms. The van der Waals surface area contributed by atoms with Crippen LogP contribution in [0.3, 0.4) is 0 Å². The molecule has 2 rings (SSSR count). The zero-order chi connectivity index (χ0) is 13.2. The Kier molecular flexibility index (Phi) is 4.05. The lowest BCUT2D eigenvalue weighted by atomic mass is 10.3. The van der Waals surface area contributed by atoms with Gasteiger partial charge in [-0.05, 0) is 34.5 Å². The summed E-state index contributed by atoms with van der Waals surface area (Å²) in [7, 11) is -3.59. The van der Waals surface area contributed by atoms with Gasteiger partial charge < -0.3 is 5.73 Å². The summed E-state index contributed by atoms with van der Waals surface area (Å²) in [5.41, 5.74) is 5.47. The van der Waals surface area contributed by atoms with Gasteiger partial charge in [-0.25, -0.2) is 13.1 Å². The summed E-state index contributed by atoms with van der Waals surface area (Å²) in [4.78, 5) is 1.08. The highest BCUT2D eigenvalue weighted by atomic mass is 79.9. The van der Waals surface area contributed by atoms with Crippen LogP contribution in [-0.4, -0.2) is 25.2 Å². The average molecular weight is 351 g/mol. The van der Waals surface area contributed by atoms with Crippen LogP contribution in [-0.2, 0) is 16.4 Å². The predicted molar refractivity (Wildman–Crippen MR) is 73.9 cm³/mol. The fourth-order valence-corrected chi connectivity index (χ4v) is 3.91. The number of H-pyrrole nitrogens is 1. The molecule has 0 aliphatic rings. The molecule has 0 saturated carbocycles. The third-order valence-electron chi connectivity index (χ3n) is 2.21. The molecule has 6 nitrogen and oxygen atoms in total. The molecule has 98 valence electrons. The number of nitrogen functional groups attached to an aromatic ring is 1. The predicted octanol–water partition coefficient (Wildman–Crippen LogP) is 1.34. The second-order valence-electron chi connectivity index (χ2n) is 3.50. The van der Waals surface area contributed by atoms with Crippen molar-refractivity contribution in [1.82, 2.24) is 14.9 Å². The number of rotatable bonds is 5. The summed E-state index contributed by atoms with van der Waals surface area (Å²) in [6.07, 6.45) is 1.83. The number of aromatic nitrogens is 2. The van der Waals surface area contributed by atoms with Crippen molar-refractivity contribution in [3.05, 3.63) is 27.0 Å².